The van der Waals surface area contributed by atoms with E-state index in [9.17, 15) is 14.4 Å². The van der Waals surface area contributed by atoms with Crippen LogP contribution >= 0.6 is 0 Å². The maximum absolute atomic E-state index is 12.5. The van der Waals surface area contributed by atoms with Crippen LogP contribution in [0.3, 0.4) is 0 Å². The Morgan fingerprint density at radius 1 is 1.18 bits per heavy atom. The lowest BCUT2D eigenvalue weighted by Gasteiger charge is -2.23. The molecular formula is C21H26N4O3. The van der Waals surface area contributed by atoms with Crippen molar-refractivity contribution in [3.63, 3.8) is 0 Å². The molecule has 0 bridgehead atoms. The smallest absolute Gasteiger partial charge is 0.253 e. The number of rotatable bonds is 6. The first-order valence-electron chi connectivity index (χ1n) is 9.74. The summed E-state index contributed by atoms with van der Waals surface area (Å²) in [5.74, 6) is -0.520. The van der Waals surface area contributed by atoms with Crippen molar-refractivity contribution >= 4 is 11.8 Å². The van der Waals surface area contributed by atoms with Crippen LogP contribution in [0.25, 0.3) is 0 Å². The van der Waals surface area contributed by atoms with Gasteiger partial charge in [0.05, 0.1) is 17.3 Å². The minimum atomic E-state index is -0.320. The molecule has 0 spiro atoms. The molecule has 0 radical (unpaired) electrons. The molecule has 1 atom stereocenters. The van der Waals surface area contributed by atoms with E-state index < -0.39 is 0 Å². The Hall–Kier alpha value is -2.96. The molecule has 0 aromatic carbocycles. The highest BCUT2D eigenvalue weighted by molar-refractivity contribution is 5.94. The molecule has 1 fully saturated rings. The first-order chi connectivity index (χ1) is 13.5. The van der Waals surface area contributed by atoms with Gasteiger partial charge in [0, 0.05) is 24.5 Å². The monoisotopic (exact) mass is 382 g/mol. The molecule has 2 aromatic heterocycles. The summed E-state index contributed by atoms with van der Waals surface area (Å²) in [4.78, 5) is 41.2. The third-order valence-corrected chi connectivity index (χ3v) is 5.01. The molecule has 7 nitrogen and oxygen atoms in total. The van der Waals surface area contributed by atoms with E-state index in [-0.39, 0.29) is 36.0 Å². The molecule has 2 amide bonds. The van der Waals surface area contributed by atoms with Crippen LogP contribution in [-0.2, 0) is 11.3 Å². The largest absolute Gasteiger partial charge is 0.352 e. The van der Waals surface area contributed by atoms with Crippen molar-refractivity contribution in [2.45, 2.75) is 57.7 Å². The first kappa shape index (κ1) is 19.8. The van der Waals surface area contributed by atoms with Crippen LogP contribution in [0.2, 0.25) is 0 Å². The van der Waals surface area contributed by atoms with Gasteiger partial charge in [0.1, 0.15) is 6.54 Å². The van der Waals surface area contributed by atoms with E-state index in [2.05, 4.69) is 15.6 Å². The quantitative estimate of drug-likeness (QED) is 0.801. The SMILES string of the molecule is C[C@@H](NC(=O)c1ccc(=O)n(CC(=O)NC2CCCCC2)c1)c1ccccn1. The lowest BCUT2D eigenvalue weighted by molar-refractivity contribution is -0.122. The number of hydrogen-bond donors (Lipinski definition) is 2. The average Bonchev–Trinajstić information content (AvgIpc) is 2.71. The molecule has 148 valence electrons. The highest BCUT2D eigenvalue weighted by Gasteiger charge is 2.17. The second kappa shape index (κ2) is 9.30. The third-order valence-electron chi connectivity index (χ3n) is 5.01. The number of nitrogens with zero attached hydrogens (tertiary/aromatic N) is 2. The van der Waals surface area contributed by atoms with E-state index in [1.54, 1.807) is 6.20 Å². The predicted octanol–water partition coefficient (Wildman–Crippen LogP) is 2.18. The number of carbonyl (C=O) groups excluding carboxylic acids is 2. The van der Waals surface area contributed by atoms with Gasteiger partial charge in [-0.3, -0.25) is 19.4 Å². The highest BCUT2D eigenvalue weighted by atomic mass is 16.2. The zero-order valence-corrected chi connectivity index (χ0v) is 16.1. The molecule has 1 aliphatic rings. The van der Waals surface area contributed by atoms with Crippen molar-refractivity contribution in [2.75, 3.05) is 0 Å². The summed E-state index contributed by atoms with van der Waals surface area (Å²) in [6, 6.07) is 8.20. The van der Waals surface area contributed by atoms with E-state index in [0.29, 0.717) is 5.56 Å². The molecule has 0 unspecified atom stereocenters. The number of hydrogen-bond acceptors (Lipinski definition) is 4. The van der Waals surface area contributed by atoms with Crippen molar-refractivity contribution < 1.29 is 9.59 Å². The summed E-state index contributed by atoms with van der Waals surface area (Å²) in [5.41, 5.74) is 0.761. The van der Waals surface area contributed by atoms with Crippen molar-refractivity contribution in [1.29, 1.82) is 0 Å². The lowest BCUT2D eigenvalue weighted by Crippen LogP contribution is -2.40. The minimum Gasteiger partial charge on any atom is -0.352 e. The number of aromatic nitrogens is 2. The standard InChI is InChI=1S/C21H26N4O3/c1-15(18-9-5-6-12-22-18)23-21(28)16-10-11-20(27)25(13-16)14-19(26)24-17-7-3-2-4-8-17/h5-6,9-13,15,17H,2-4,7-8,14H2,1H3,(H,23,28)(H,24,26)/t15-/m1/s1. The van der Waals surface area contributed by atoms with Crippen LogP contribution < -0.4 is 16.2 Å². The predicted molar refractivity (Wildman–Crippen MR) is 106 cm³/mol. The van der Waals surface area contributed by atoms with Gasteiger partial charge in [0.25, 0.3) is 11.5 Å². The molecular weight excluding hydrogens is 356 g/mol. The Bertz CT molecular complexity index is 873. The molecule has 2 N–H and O–H groups in total. The van der Waals surface area contributed by atoms with Gasteiger partial charge in [-0.1, -0.05) is 25.3 Å². The number of amides is 2. The van der Waals surface area contributed by atoms with E-state index >= 15 is 0 Å². The van der Waals surface area contributed by atoms with Crippen LogP contribution in [0, 0.1) is 0 Å². The molecule has 0 saturated heterocycles. The van der Waals surface area contributed by atoms with Gasteiger partial charge >= 0.3 is 0 Å². The molecule has 28 heavy (non-hydrogen) atoms. The zero-order chi connectivity index (χ0) is 19.9. The van der Waals surface area contributed by atoms with Crippen molar-refractivity contribution in [3.05, 3.63) is 64.3 Å². The van der Waals surface area contributed by atoms with Gasteiger partial charge in [-0.15, -0.1) is 0 Å². The average molecular weight is 382 g/mol. The number of pyridine rings is 2. The van der Waals surface area contributed by atoms with E-state index in [4.69, 9.17) is 0 Å². The van der Waals surface area contributed by atoms with Crippen molar-refractivity contribution in [2.24, 2.45) is 0 Å². The van der Waals surface area contributed by atoms with Crippen LogP contribution in [0.1, 0.15) is 61.1 Å². The highest BCUT2D eigenvalue weighted by Crippen LogP contribution is 2.17. The second-order valence-electron chi connectivity index (χ2n) is 7.24. The Balaban J connectivity index is 1.64. The van der Waals surface area contributed by atoms with Gasteiger partial charge < -0.3 is 15.2 Å². The van der Waals surface area contributed by atoms with E-state index in [0.717, 1.165) is 31.4 Å². The Kier molecular flexibility index (Phi) is 6.57. The molecule has 2 heterocycles. The Labute approximate surface area is 164 Å². The summed E-state index contributed by atoms with van der Waals surface area (Å²) in [6.07, 6.45) is 8.51. The Morgan fingerprint density at radius 2 is 1.96 bits per heavy atom. The molecule has 7 heteroatoms. The summed E-state index contributed by atoms with van der Waals surface area (Å²) >= 11 is 0. The van der Waals surface area contributed by atoms with Gasteiger partial charge in [-0.05, 0) is 38.0 Å². The van der Waals surface area contributed by atoms with Crippen LogP contribution in [0.15, 0.2) is 47.5 Å². The lowest BCUT2D eigenvalue weighted by atomic mass is 9.95. The molecule has 2 aromatic rings. The molecule has 3 rings (SSSR count). The van der Waals surface area contributed by atoms with Crippen molar-refractivity contribution in [1.82, 2.24) is 20.2 Å². The summed E-state index contributed by atoms with van der Waals surface area (Å²) < 4.78 is 1.28. The topological polar surface area (TPSA) is 93.1 Å². The zero-order valence-electron chi connectivity index (χ0n) is 16.1. The minimum absolute atomic E-state index is 0.0910. The summed E-state index contributed by atoms with van der Waals surface area (Å²) in [7, 11) is 0. The molecule has 1 saturated carbocycles. The van der Waals surface area contributed by atoms with E-state index in [1.807, 2.05) is 25.1 Å². The summed E-state index contributed by atoms with van der Waals surface area (Å²) in [5, 5.41) is 5.85. The molecule has 1 aliphatic carbocycles. The van der Waals surface area contributed by atoms with E-state index in [1.165, 1.54) is 29.3 Å². The van der Waals surface area contributed by atoms with Gasteiger partial charge in [-0.2, -0.15) is 0 Å². The maximum Gasteiger partial charge on any atom is 0.253 e. The second-order valence-corrected chi connectivity index (χ2v) is 7.24. The first-order valence-corrected chi connectivity index (χ1v) is 9.74. The molecule has 0 aliphatic heterocycles. The maximum atomic E-state index is 12.5. The third kappa shape index (κ3) is 5.28. The number of carbonyl (C=O) groups is 2. The normalized spacial score (nSPS) is 15.6. The Morgan fingerprint density at radius 3 is 2.68 bits per heavy atom. The van der Waals surface area contributed by atoms with Crippen molar-refractivity contribution in [3.8, 4) is 0 Å². The fourth-order valence-corrected chi connectivity index (χ4v) is 3.45. The fourth-order valence-electron chi connectivity index (χ4n) is 3.45. The number of nitrogens with one attached hydrogen (secondary N) is 2. The summed E-state index contributed by atoms with van der Waals surface area (Å²) in [6.45, 7) is 1.75. The fraction of sp³-hybridized carbons (Fsp3) is 0.429. The van der Waals surface area contributed by atoms with Gasteiger partial charge in [0.2, 0.25) is 5.91 Å². The van der Waals surface area contributed by atoms with Crippen LogP contribution in [0.5, 0.6) is 0 Å². The van der Waals surface area contributed by atoms with Gasteiger partial charge in [0.15, 0.2) is 0 Å². The van der Waals surface area contributed by atoms with Crippen LogP contribution in [0.4, 0.5) is 0 Å². The van der Waals surface area contributed by atoms with Gasteiger partial charge in [-0.25, -0.2) is 0 Å². The van der Waals surface area contributed by atoms with Crippen LogP contribution in [-0.4, -0.2) is 27.4 Å².